The molecule has 0 atom stereocenters. The summed E-state index contributed by atoms with van der Waals surface area (Å²) in [7, 11) is 0. The van der Waals surface area contributed by atoms with Gasteiger partial charge in [0.2, 0.25) is 0 Å². The van der Waals surface area contributed by atoms with E-state index in [2.05, 4.69) is 50.7 Å². The Bertz CT molecular complexity index is 1070. The second-order valence-electron chi connectivity index (χ2n) is 7.12. The van der Waals surface area contributed by atoms with E-state index in [0.717, 1.165) is 60.2 Å². The number of hydrogen-bond donors (Lipinski definition) is 1. The molecule has 5 rings (SSSR count). The monoisotopic (exact) mass is 378 g/mol. The molecular weight excluding hydrogens is 356 g/mol. The number of piperazine rings is 1. The summed E-state index contributed by atoms with van der Waals surface area (Å²) in [6, 6.07) is 8.20. The minimum atomic E-state index is 0.859. The van der Waals surface area contributed by atoms with Gasteiger partial charge in [-0.2, -0.15) is 0 Å². The zero-order valence-electron chi connectivity index (χ0n) is 15.6. The first-order valence-electron chi connectivity index (χ1n) is 9.30. The molecule has 4 heterocycles. The molecule has 3 aromatic heterocycles. The fraction of sp³-hybridized carbons (Fsp3) is 0.350. The highest BCUT2D eigenvalue weighted by molar-refractivity contribution is 7.18. The van der Waals surface area contributed by atoms with Crippen LogP contribution < -0.4 is 4.90 Å². The summed E-state index contributed by atoms with van der Waals surface area (Å²) in [5.41, 5.74) is 3.46. The van der Waals surface area contributed by atoms with Crippen LogP contribution in [0.25, 0.3) is 21.3 Å². The number of rotatable bonds is 3. The summed E-state index contributed by atoms with van der Waals surface area (Å²) in [5.74, 6) is 2.13. The van der Waals surface area contributed by atoms with Gasteiger partial charge in [-0.3, -0.25) is 4.90 Å². The molecule has 0 amide bonds. The number of aryl methyl sites for hydroxylation is 2. The van der Waals surface area contributed by atoms with Gasteiger partial charge in [0.1, 0.15) is 22.8 Å². The molecule has 7 heteroatoms. The highest BCUT2D eigenvalue weighted by Gasteiger charge is 2.22. The number of imidazole rings is 1. The molecule has 1 fully saturated rings. The molecule has 1 aliphatic rings. The first-order valence-corrected chi connectivity index (χ1v) is 10.1. The first-order chi connectivity index (χ1) is 13.2. The van der Waals surface area contributed by atoms with Gasteiger partial charge in [0.15, 0.2) is 0 Å². The van der Waals surface area contributed by atoms with Crippen LogP contribution in [0.1, 0.15) is 16.3 Å². The average Bonchev–Trinajstić information content (AvgIpc) is 3.22. The van der Waals surface area contributed by atoms with Gasteiger partial charge in [-0.25, -0.2) is 15.0 Å². The van der Waals surface area contributed by atoms with Gasteiger partial charge in [0.05, 0.1) is 23.0 Å². The highest BCUT2D eigenvalue weighted by Crippen LogP contribution is 2.34. The zero-order chi connectivity index (χ0) is 18.4. The van der Waals surface area contributed by atoms with Crippen LogP contribution in [0.15, 0.2) is 30.6 Å². The van der Waals surface area contributed by atoms with Crippen LogP contribution in [-0.2, 0) is 6.54 Å². The van der Waals surface area contributed by atoms with Gasteiger partial charge in [-0.15, -0.1) is 11.3 Å². The maximum atomic E-state index is 4.71. The van der Waals surface area contributed by atoms with Crippen LogP contribution in [0.2, 0.25) is 0 Å². The topological polar surface area (TPSA) is 60.9 Å². The molecule has 0 saturated carbocycles. The molecule has 1 saturated heterocycles. The molecule has 0 bridgehead atoms. The largest absolute Gasteiger partial charge is 0.353 e. The third-order valence-corrected chi connectivity index (χ3v) is 6.54. The van der Waals surface area contributed by atoms with E-state index in [0.29, 0.717) is 0 Å². The quantitative estimate of drug-likeness (QED) is 0.591. The second kappa shape index (κ2) is 6.58. The number of fused-ring (bicyclic) bond motifs is 2. The van der Waals surface area contributed by atoms with Crippen LogP contribution in [0.3, 0.4) is 0 Å². The standard InChI is InChI=1S/C20H22N6S/c1-13-14(2)27-20-18(13)19(21-12-22-20)26-9-7-25(8-10-26)11-17-23-15-5-3-4-6-16(15)24-17/h3-6,12H,7-11H2,1-2H3,(H,23,24). The number of anilines is 1. The Kier molecular flexibility index (Phi) is 4.06. The Morgan fingerprint density at radius 3 is 2.70 bits per heavy atom. The Balaban J connectivity index is 1.32. The Hall–Kier alpha value is -2.51. The molecule has 1 aliphatic heterocycles. The molecule has 0 radical (unpaired) electrons. The Morgan fingerprint density at radius 2 is 1.89 bits per heavy atom. The SMILES string of the molecule is Cc1sc2ncnc(N3CCN(Cc4nc5ccccc5[nH]4)CC3)c2c1C. The molecule has 4 aromatic rings. The average molecular weight is 379 g/mol. The van der Waals surface area contributed by atoms with E-state index in [9.17, 15) is 0 Å². The van der Waals surface area contributed by atoms with Crippen LogP contribution in [0, 0.1) is 13.8 Å². The molecule has 0 spiro atoms. The summed E-state index contributed by atoms with van der Waals surface area (Å²) in [5, 5.41) is 1.23. The minimum absolute atomic E-state index is 0.859. The Morgan fingerprint density at radius 1 is 1.07 bits per heavy atom. The lowest BCUT2D eigenvalue weighted by atomic mass is 10.2. The van der Waals surface area contributed by atoms with Crippen molar-refractivity contribution in [1.29, 1.82) is 0 Å². The number of thiophene rings is 1. The number of nitrogens with one attached hydrogen (secondary N) is 1. The summed E-state index contributed by atoms with van der Waals surface area (Å²) in [4.78, 5) is 24.5. The number of hydrogen-bond acceptors (Lipinski definition) is 6. The lowest BCUT2D eigenvalue weighted by Gasteiger charge is -2.35. The highest BCUT2D eigenvalue weighted by atomic mass is 32.1. The summed E-state index contributed by atoms with van der Waals surface area (Å²) in [6.07, 6.45) is 1.70. The number of para-hydroxylation sites is 2. The van der Waals surface area contributed by atoms with Crippen molar-refractivity contribution >= 4 is 38.4 Å². The summed E-state index contributed by atoms with van der Waals surface area (Å²) < 4.78 is 0. The summed E-state index contributed by atoms with van der Waals surface area (Å²) >= 11 is 1.76. The second-order valence-corrected chi connectivity index (χ2v) is 8.33. The molecule has 1 aromatic carbocycles. The summed E-state index contributed by atoms with van der Waals surface area (Å²) in [6.45, 7) is 9.16. The number of aromatic amines is 1. The van der Waals surface area contributed by atoms with Crippen LogP contribution in [-0.4, -0.2) is 51.0 Å². The van der Waals surface area contributed by atoms with E-state index in [1.165, 1.54) is 15.8 Å². The smallest absolute Gasteiger partial charge is 0.141 e. The predicted molar refractivity (Wildman–Crippen MR) is 110 cm³/mol. The van der Waals surface area contributed by atoms with Crippen molar-refractivity contribution < 1.29 is 0 Å². The van der Waals surface area contributed by atoms with Gasteiger partial charge >= 0.3 is 0 Å². The third-order valence-electron chi connectivity index (χ3n) is 5.43. The van der Waals surface area contributed by atoms with Crippen molar-refractivity contribution in [3.05, 3.63) is 46.9 Å². The molecule has 27 heavy (non-hydrogen) atoms. The van der Waals surface area contributed by atoms with Crippen molar-refractivity contribution in [2.45, 2.75) is 20.4 Å². The van der Waals surface area contributed by atoms with Gasteiger partial charge in [0.25, 0.3) is 0 Å². The number of benzene rings is 1. The van der Waals surface area contributed by atoms with E-state index in [1.54, 1.807) is 17.7 Å². The van der Waals surface area contributed by atoms with E-state index in [1.807, 2.05) is 12.1 Å². The van der Waals surface area contributed by atoms with Crippen molar-refractivity contribution in [3.8, 4) is 0 Å². The van der Waals surface area contributed by atoms with Crippen LogP contribution >= 0.6 is 11.3 Å². The van der Waals surface area contributed by atoms with Crippen molar-refractivity contribution in [3.63, 3.8) is 0 Å². The van der Waals surface area contributed by atoms with E-state index in [4.69, 9.17) is 4.98 Å². The fourth-order valence-electron chi connectivity index (χ4n) is 3.81. The first kappa shape index (κ1) is 16.6. The number of nitrogens with zero attached hydrogens (tertiary/aromatic N) is 5. The van der Waals surface area contributed by atoms with Gasteiger partial charge < -0.3 is 9.88 Å². The maximum absolute atomic E-state index is 4.71. The molecule has 1 N–H and O–H groups in total. The van der Waals surface area contributed by atoms with E-state index >= 15 is 0 Å². The van der Waals surface area contributed by atoms with Gasteiger partial charge in [-0.1, -0.05) is 12.1 Å². The Labute approximate surface area is 161 Å². The third kappa shape index (κ3) is 2.96. The van der Waals surface area contributed by atoms with Gasteiger partial charge in [0, 0.05) is 31.1 Å². The van der Waals surface area contributed by atoms with E-state index in [-0.39, 0.29) is 0 Å². The lowest BCUT2D eigenvalue weighted by Crippen LogP contribution is -2.46. The van der Waals surface area contributed by atoms with Gasteiger partial charge in [-0.05, 0) is 31.5 Å². The molecule has 138 valence electrons. The molecule has 0 aliphatic carbocycles. The van der Waals surface area contributed by atoms with Crippen molar-refractivity contribution in [1.82, 2.24) is 24.8 Å². The zero-order valence-corrected chi connectivity index (χ0v) is 16.4. The lowest BCUT2D eigenvalue weighted by molar-refractivity contribution is 0.244. The number of aromatic nitrogens is 4. The van der Waals surface area contributed by atoms with Crippen LogP contribution in [0.5, 0.6) is 0 Å². The molecular formula is C20H22N6S. The normalized spacial score (nSPS) is 15.9. The fourth-order valence-corrected chi connectivity index (χ4v) is 4.81. The molecule has 0 unspecified atom stereocenters. The van der Waals surface area contributed by atoms with Crippen molar-refractivity contribution in [2.24, 2.45) is 0 Å². The number of H-pyrrole nitrogens is 1. The minimum Gasteiger partial charge on any atom is -0.353 e. The van der Waals surface area contributed by atoms with E-state index < -0.39 is 0 Å². The predicted octanol–water partition coefficient (Wildman–Crippen LogP) is 3.51. The maximum Gasteiger partial charge on any atom is 0.141 e. The molecule has 6 nitrogen and oxygen atoms in total. The van der Waals surface area contributed by atoms with Crippen LogP contribution in [0.4, 0.5) is 5.82 Å². The van der Waals surface area contributed by atoms with Crippen molar-refractivity contribution in [2.75, 3.05) is 31.1 Å².